The van der Waals surface area contributed by atoms with Crippen LogP contribution < -0.4 is 0 Å². The van der Waals surface area contributed by atoms with E-state index in [9.17, 15) is 8.42 Å². The lowest BCUT2D eigenvalue weighted by molar-refractivity contribution is 0.167. The Morgan fingerprint density at radius 2 is 1.95 bits per heavy atom. The van der Waals surface area contributed by atoms with E-state index < -0.39 is 10.0 Å². The van der Waals surface area contributed by atoms with E-state index in [1.807, 2.05) is 19.9 Å². The Labute approximate surface area is 120 Å². The molecule has 1 aromatic carbocycles. The minimum Gasteiger partial charge on any atom is -0.383 e. The van der Waals surface area contributed by atoms with Gasteiger partial charge < -0.3 is 4.74 Å². The Balaban J connectivity index is 3.11. The van der Waals surface area contributed by atoms with Gasteiger partial charge in [0.2, 0.25) is 10.0 Å². The number of nitrogens with zero attached hydrogens (tertiary/aromatic N) is 2. The van der Waals surface area contributed by atoms with Gasteiger partial charge in [0.25, 0.3) is 0 Å². The topological polar surface area (TPSA) is 70.4 Å². The number of sulfonamides is 1. The summed E-state index contributed by atoms with van der Waals surface area (Å²) >= 11 is 0. The molecule has 0 aromatic heterocycles. The van der Waals surface area contributed by atoms with Crippen LogP contribution in [0.4, 0.5) is 0 Å². The van der Waals surface area contributed by atoms with Crippen LogP contribution in [0.25, 0.3) is 0 Å². The van der Waals surface area contributed by atoms with E-state index >= 15 is 0 Å². The maximum Gasteiger partial charge on any atom is 0.243 e. The van der Waals surface area contributed by atoms with Crippen LogP contribution in [-0.2, 0) is 14.8 Å². The highest BCUT2D eigenvalue weighted by molar-refractivity contribution is 7.89. The van der Waals surface area contributed by atoms with Crippen LogP contribution in [0.3, 0.4) is 0 Å². The number of methoxy groups -OCH3 is 1. The van der Waals surface area contributed by atoms with Crippen LogP contribution >= 0.6 is 0 Å². The van der Waals surface area contributed by atoms with Gasteiger partial charge in [-0.1, -0.05) is 6.92 Å². The molecule has 1 unspecified atom stereocenters. The van der Waals surface area contributed by atoms with Crippen LogP contribution in [0.2, 0.25) is 0 Å². The Morgan fingerprint density at radius 3 is 2.40 bits per heavy atom. The van der Waals surface area contributed by atoms with Gasteiger partial charge in [0.05, 0.1) is 23.1 Å². The number of rotatable bonds is 7. The first-order valence-corrected chi connectivity index (χ1v) is 7.92. The molecule has 5 nitrogen and oxygen atoms in total. The smallest absolute Gasteiger partial charge is 0.243 e. The van der Waals surface area contributed by atoms with Crippen molar-refractivity contribution < 1.29 is 13.2 Å². The average Bonchev–Trinajstić information content (AvgIpc) is 2.47. The van der Waals surface area contributed by atoms with E-state index in [4.69, 9.17) is 10.00 Å². The molecule has 1 aromatic rings. The van der Waals surface area contributed by atoms with E-state index in [2.05, 4.69) is 0 Å². The standard InChI is InChI=1S/C14H20N2O3S/c1-4-12(2)16(9-10-19-3)20(17,18)14-7-5-13(11-15)6-8-14/h5-8,12H,4,9-10H2,1-3H3. The molecule has 20 heavy (non-hydrogen) atoms. The Morgan fingerprint density at radius 1 is 1.35 bits per heavy atom. The third-order valence-electron chi connectivity index (χ3n) is 3.19. The predicted octanol–water partition coefficient (Wildman–Crippen LogP) is 1.99. The molecule has 1 rings (SSSR count). The first-order valence-electron chi connectivity index (χ1n) is 6.48. The van der Waals surface area contributed by atoms with Crippen LogP contribution in [-0.4, -0.2) is 39.0 Å². The minimum absolute atomic E-state index is 0.106. The summed E-state index contributed by atoms with van der Waals surface area (Å²) in [6.07, 6.45) is 0.721. The van der Waals surface area contributed by atoms with Crippen molar-refractivity contribution in [2.24, 2.45) is 0 Å². The Kier molecular flexibility index (Phi) is 6.14. The molecule has 6 heteroatoms. The zero-order chi connectivity index (χ0) is 15.2. The molecule has 0 aliphatic rings. The summed E-state index contributed by atoms with van der Waals surface area (Å²) in [4.78, 5) is 0.202. The van der Waals surface area contributed by atoms with Gasteiger partial charge in [-0.2, -0.15) is 9.57 Å². The van der Waals surface area contributed by atoms with Gasteiger partial charge in [0.15, 0.2) is 0 Å². The van der Waals surface area contributed by atoms with Gasteiger partial charge in [-0.25, -0.2) is 8.42 Å². The van der Waals surface area contributed by atoms with Gasteiger partial charge in [-0.15, -0.1) is 0 Å². The van der Waals surface area contributed by atoms with Crippen molar-refractivity contribution in [2.75, 3.05) is 20.3 Å². The van der Waals surface area contributed by atoms with E-state index in [-0.39, 0.29) is 10.9 Å². The molecule has 0 bridgehead atoms. The highest BCUT2D eigenvalue weighted by Crippen LogP contribution is 2.19. The van der Waals surface area contributed by atoms with Crippen molar-refractivity contribution in [2.45, 2.75) is 31.2 Å². The molecule has 1 atom stereocenters. The molecular weight excluding hydrogens is 276 g/mol. The molecule has 0 aliphatic heterocycles. The second-order valence-corrected chi connectivity index (χ2v) is 6.39. The molecular formula is C14H20N2O3S. The van der Waals surface area contributed by atoms with Crippen LogP contribution in [0.1, 0.15) is 25.8 Å². The lowest BCUT2D eigenvalue weighted by Gasteiger charge is -2.27. The molecule has 0 radical (unpaired) electrons. The van der Waals surface area contributed by atoms with Crippen molar-refractivity contribution in [1.29, 1.82) is 5.26 Å². The normalized spacial score (nSPS) is 13.2. The Hall–Kier alpha value is -1.42. The molecule has 0 N–H and O–H groups in total. The largest absolute Gasteiger partial charge is 0.383 e. The first kappa shape index (κ1) is 16.6. The third-order valence-corrected chi connectivity index (χ3v) is 5.22. The average molecular weight is 296 g/mol. The van der Waals surface area contributed by atoms with Crippen molar-refractivity contribution >= 4 is 10.0 Å². The SMILES string of the molecule is CCC(C)N(CCOC)S(=O)(=O)c1ccc(C#N)cc1. The van der Waals surface area contributed by atoms with E-state index in [0.29, 0.717) is 18.7 Å². The summed E-state index contributed by atoms with van der Waals surface area (Å²) < 4.78 is 31.7. The van der Waals surface area contributed by atoms with Crippen LogP contribution in [0.15, 0.2) is 29.2 Å². The minimum atomic E-state index is -3.57. The first-order chi connectivity index (χ1) is 9.47. The predicted molar refractivity (Wildman–Crippen MR) is 76.7 cm³/mol. The van der Waals surface area contributed by atoms with Gasteiger partial charge in [-0.05, 0) is 37.6 Å². The lowest BCUT2D eigenvalue weighted by atomic mass is 10.2. The zero-order valence-electron chi connectivity index (χ0n) is 12.0. The fourth-order valence-electron chi connectivity index (χ4n) is 1.80. The van der Waals surface area contributed by atoms with Gasteiger partial charge in [0, 0.05) is 19.7 Å². The van der Waals surface area contributed by atoms with Crippen molar-refractivity contribution in [1.82, 2.24) is 4.31 Å². The summed E-state index contributed by atoms with van der Waals surface area (Å²) in [7, 11) is -2.02. The molecule has 0 spiro atoms. The summed E-state index contributed by atoms with van der Waals surface area (Å²) in [6, 6.07) is 7.83. The second kappa shape index (κ2) is 7.39. The van der Waals surface area contributed by atoms with Gasteiger partial charge >= 0.3 is 0 Å². The van der Waals surface area contributed by atoms with Crippen molar-refractivity contribution in [3.8, 4) is 6.07 Å². The maximum absolute atomic E-state index is 12.6. The lowest BCUT2D eigenvalue weighted by Crippen LogP contribution is -2.40. The number of nitriles is 1. The molecule has 0 fully saturated rings. The van der Waals surface area contributed by atoms with Gasteiger partial charge in [-0.3, -0.25) is 0 Å². The molecule has 0 amide bonds. The fourth-order valence-corrected chi connectivity index (χ4v) is 3.49. The highest BCUT2D eigenvalue weighted by Gasteiger charge is 2.27. The summed E-state index contributed by atoms with van der Waals surface area (Å²) in [6.45, 7) is 4.48. The molecule has 0 saturated heterocycles. The van der Waals surface area contributed by atoms with Gasteiger partial charge in [0.1, 0.15) is 0 Å². The fraction of sp³-hybridized carbons (Fsp3) is 0.500. The quantitative estimate of drug-likeness (QED) is 0.771. The summed E-state index contributed by atoms with van der Waals surface area (Å²) in [5.74, 6) is 0. The number of benzene rings is 1. The van der Waals surface area contributed by atoms with E-state index in [1.165, 1.54) is 28.6 Å². The van der Waals surface area contributed by atoms with Crippen LogP contribution in [0, 0.1) is 11.3 Å². The van der Waals surface area contributed by atoms with Crippen molar-refractivity contribution in [3.63, 3.8) is 0 Å². The highest BCUT2D eigenvalue weighted by atomic mass is 32.2. The Bertz CT molecular complexity index is 561. The number of hydrogen-bond donors (Lipinski definition) is 0. The summed E-state index contributed by atoms with van der Waals surface area (Å²) in [5, 5.41) is 8.76. The number of hydrogen-bond acceptors (Lipinski definition) is 4. The van der Waals surface area contributed by atoms with E-state index in [1.54, 1.807) is 7.11 Å². The van der Waals surface area contributed by atoms with E-state index in [0.717, 1.165) is 6.42 Å². The number of ether oxygens (including phenoxy) is 1. The van der Waals surface area contributed by atoms with Crippen LogP contribution in [0.5, 0.6) is 0 Å². The molecule has 0 saturated carbocycles. The second-order valence-electron chi connectivity index (χ2n) is 4.50. The molecule has 110 valence electrons. The summed E-state index contributed by atoms with van der Waals surface area (Å²) in [5.41, 5.74) is 0.441. The maximum atomic E-state index is 12.6. The molecule has 0 heterocycles. The molecule has 0 aliphatic carbocycles. The van der Waals surface area contributed by atoms with Crippen molar-refractivity contribution in [3.05, 3.63) is 29.8 Å². The zero-order valence-corrected chi connectivity index (χ0v) is 12.9. The third kappa shape index (κ3) is 3.79. The monoisotopic (exact) mass is 296 g/mol.